The second-order valence-corrected chi connectivity index (χ2v) is 5.21. The highest BCUT2D eigenvalue weighted by Gasteiger charge is 2.40. The molecule has 0 spiro atoms. The predicted octanol–water partition coefficient (Wildman–Crippen LogP) is 4.00. The lowest BCUT2D eigenvalue weighted by Crippen LogP contribution is -2.22. The van der Waals surface area contributed by atoms with Gasteiger partial charge < -0.3 is 5.11 Å². The highest BCUT2D eigenvalue weighted by Crippen LogP contribution is 2.37. The number of carboxylic acid groups (broad SMARTS) is 1. The molecule has 0 unspecified atom stereocenters. The van der Waals surface area contributed by atoms with Crippen LogP contribution in [-0.2, 0) is 19.0 Å². The Morgan fingerprint density at radius 3 is 2.22 bits per heavy atom. The zero-order valence-electron chi connectivity index (χ0n) is 12.2. The molecule has 0 fully saturated rings. The van der Waals surface area contributed by atoms with Gasteiger partial charge in [0.05, 0.1) is 18.1 Å². The maximum absolute atomic E-state index is 13.1. The summed E-state index contributed by atoms with van der Waals surface area (Å²) in [7, 11) is 0. The molecule has 0 aliphatic carbocycles. The number of pyridine rings is 1. The Balaban J connectivity index is 3.92. The van der Waals surface area contributed by atoms with Crippen molar-refractivity contribution in [2.24, 2.45) is 5.92 Å². The summed E-state index contributed by atoms with van der Waals surface area (Å²) >= 11 is 0. The number of nitrogens with zero attached hydrogens (tertiary/aromatic N) is 2. The van der Waals surface area contributed by atoms with Gasteiger partial charge in [0.25, 0.3) is 6.43 Å². The smallest absolute Gasteiger partial charge is 0.433 e. The summed E-state index contributed by atoms with van der Waals surface area (Å²) < 4.78 is 65.4. The number of nitriles is 1. The van der Waals surface area contributed by atoms with Gasteiger partial charge in [-0.1, -0.05) is 13.8 Å². The van der Waals surface area contributed by atoms with E-state index in [4.69, 9.17) is 10.4 Å². The Morgan fingerprint density at radius 2 is 1.87 bits per heavy atom. The molecular weight excluding hydrogens is 323 g/mol. The van der Waals surface area contributed by atoms with Gasteiger partial charge in [-0.25, -0.2) is 18.6 Å². The van der Waals surface area contributed by atoms with Gasteiger partial charge in [-0.3, -0.25) is 0 Å². The van der Waals surface area contributed by atoms with Crippen LogP contribution in [-0.4, -0.2) is 16.1 Å². The molecular formula is C14H13F5N2O2. The number of aromatic nitrogens is 1. The quantitative estimate of drug-likeness (QED) is 0.825. The average Bonchev–Trinajstić information content (AvgIpc) is 2.37. The van der Waals surface area contributed by atoms with E-state index in [-0.39, 0.29) is 12.3 Å². The fourth-order valence-electron chi connectivity index (χ4n) is 2.23. The summed E-state index contributed by atoms with van der Waals surface area (Å²) in [6.45, 7) is 3.19. The molecule has 1 aromatic rings. The third-order valence-corrected chi connectivity index (χ3v) is 3.00. The molecule has 0 saturated carbocycles. The molecule has 4 nitrogen and oxygen atoms in total. The first-order valence-electron chi connectivity index (χ1n) is 6.51. The van der Waals surface area contributed by atoms with Crippen molar-refractivity contribution in [2.75, 3.05) is 0 Å². The molecule has 23 heavy (non-hydrogen) atoms. The van der Waals surface area contributed by atoms with E-state index in [1.165, 1.54) is 6.07 Å². The molecule has 9 heteroatoms. The molecule has 0 amide bonds. The van der Waals surface area contributed by atoms with Crippen molar-refractivity contribution in [1.29, 1.82) is 5.26 Å². The summed E-state index contributed by atoms with van der Waals surface area (Å²) in [5.74, 6) is -2.10. The van der Waals surface area contributed by atoms with Crippen molar-refractivity contribution < 1.29 is 31.9 Å². The van der Waals surface area contributed by atoms with Crippen LogP contribution in [0.5, 0.6) is 0 Å². The van der Waals surface area contributed by atoms with Crippen LogP contribution in [0.25, 0.3) is 0 Å². The van der Waals surface area contributed by atoms with E-state index in [9.17, 15) is 26.7 Å². The lowest BCUT2D eigenvalue weighted by molar-refractivity contribution is -0.142. The van der Waals surface area contributed by atoms with Gasteiger partial charge in [0.2, 0.25) is 0 Å². The van der Waals surface area contributed by atoms with E-state index in [2.05, 4.69) is 4.98 Å². The Morgan fingerprint density at radius 1 is 1.30 bits per heavy atom. The SMILES string of the molecule is CC(C)Cc1c(CC#N)c(C(F)(F)F)nc(C(F)F)c1C(=O)O. The third kappa shape index (κ3) is 4.15. The molecule has 0 radical (unpaired) electrons. The average molecular weight is 336 g/mol. The van der Waals surface area contributed by atoms with Crippen LogP contribution in [0.3, 0.4) is 0 Å². The van der Waals surface area contributed by atoms with Crippen LogP contribution in [0, 0.1) is 17.2 Å². The summed E-state index contributed by atoms with van der Waals surface area (Å²) in [5, 5.41) is 17.9. The maximum Gasteiger partial charge on any atom is 0.433 e. The van der Waals surface area contributed by atoms with Crippen molar-refractivity contribution >= 4 is 5.97 Å². The van der Waals surface area contributed by atoms with E-state index in [1.54, 1.807) is 13.8 Å². The molecule has 0 saturated heterocycles. The standard InChI is InChI=1S/C14H13F5N2O2/c1-6(2)5-8-7(3-4-20)11(14(17,18)19)21-10(12(15)16)9(8)13(22)23/h6,12H,3,5H2,1-2H3,(H,22,23). The molecule has 1 rings (SSSR count). The van der Waals surface area contributed by atoms with Crippen molar-refractivity contribution in [3.63, 3.8) is 0 Å². The summed E-state index contributed by atoms with van der Waals surface area (Å²) in [5.41, 5.74) is -5.08. The Labute approximate surface area is 128 Å². The fourth-order valence-corrected chi connectivity index (χ4v) is 2.23. The number of halogens is 5. The largest absolute Gasteiger partial charge is 0.478 e. The normalized spacial score (nSPS) is 11.8. The van der Waals surface area contributed by atoms with Crippen LogP contribution >= 0.6 is 0 Å². The number of carboxylic acids is 1. The molecule has 0 aliphatic rings. The minimum atomic E-state index is -5.07. The van der Waals surface area contributed by atoms with E-state index in [0.29, 0.717) is 0 Å². The van der Waals surface area contributed by atoms with Gasteiger partial charge in [0.15, 0.2) is 0 Å². The van der Waals surface area contributed by atoms with Crippen molar-refractivity contribution in [3.05, 3.63) is 28.1 Å². The number of hydrogen-bond donors (Lipinski definition) is 1. The molecule has 0 atom stereocenters. The zero-order chi connectivity index (χ0) is 17.9. The predicted molar refractivity (Wildman–Crippen MR) is 69.0 cm³/mol. The monoisotopic (exact) mass is 336 g/mol. The summed E-state index contributed by atoms with van der Waals surface area (Å²) in [6.07, 6.45) is -9.51. The molecule has 0 aliphatic heterocycles. The van der Waals surface area contributed by atoms with Crippen LogP contribution in [0.4, 0.5) is 22.0 Å². The number of alkyl halides is 5. The molecule has 0 bridgehead atoms. The number of rotatable bonds is 5. The highest BCUT2D eigenvalue weighted by atomic mass is 19.4. The lowest BCUT2D eigenvalue weighted by atomic mass is 9.90. The second-order valence-electron chi connectivity index (χ2n) is 5.21. The van der Waals surface area contributed by atoms with E-state index < -0.39 is 53.1 Å². The summed E-state index contributed by atoms with van der Waals surface area (Å²) in [6, 6.07) is 1.50. The first-order chi connectivity index (χ1) is 10.5. The lowest BCUT2D eigenvalue weighted by Gasteiger charge is -2.20. The van der Waals surface area contributed by atoms with E-state index in [0.717, 1.165) is 0 Å². The van der Waals surface area contributed by atoms with Gasteiger partial charge in [-0.2, -0.15) is 18.4 Å². The summed E-state index contributed by atoms with van der Waals surface area (Å²) in [4.78, 5) is 14.2. The third-order valence-electron chi connectivity index (χ3n) is 3.00. The van der Waals surface area contributed by atoms with E-state index >= 15 is 0 Å². The van der Waals surface area contributed by atoms with Crippen LogP contribution in [0.1, 0.15) is 53.1 Å². The van der Waals surface area contributed by atoms with Crippen molar-refractivity contribution in [2.45, 2.75) is 39.3 Å². The fraction of sp³-hybridized carbons (Fsp3) is 0.500. The Kier molecular flexibility index (Phi) is 5.64. The number of carbonyl (C=O) groups is 1. The molecule has 126 valence electrons. The molecule has 1 heterocycles. The Hall–Kier alpha value is -2.24. The zero-order valence-corrected chi connectivity index (χ0v) is 12.2. The van der Waals surface area contributed by atoms with Gasteiger partial charge in [0.1, 0.15) is 11.4 Å². The number of aromatic carboxylic acids is 1. The van der Waals surface area contributed by atoms with Crippen LogP contribution in [0.2, 0.25) is 0 Å². The van der Waals surface area contributed by atoms with Crippen molar-refractivity contribution in [3.8, 4) is 6.07 Å². The first kappa shape index (κ1) is 18.8. The van der Waals surface area contributed by atoms with Crippen LogP contribution < -0.4 is 0 Å². The minimum absolute atomic E-state index is 0.191. The van der Waals surface area contributed by atoms with Gasteiger partial charge in [-0.05, 0) is 17.9 Å². The minimum Gasteiger partial charge on any atom is -0.478 e. The van der Waals surface area contributed by atoms with Crippen molar-refractivity contribution in [1.82, 2.24) is 4.98 Å². The highest BCUT2D eigenvalue weighted by molar-refractivity contribution is 5.91. The van der Waals surface area contributed by atoms with Crippen LogP contribution in [0.15, 0.2) is 0 Å². The molecule has 0 aromatic carbocycles. The number of hydrogen-bond acceptors (Lipinski definition) is 3. The topological polar surface area (TPSA) is 74.0 Å². The molecule has 1 N–H and O–H groups in total. The van der Waals surface area contributed by atoms with Gasteiger partial charge >= 0.3 is 12.1 Å². The van der Waals surface area contributed by atoms with Gasteiger partial charge in [-0.15, -0.1) is 0 Å². The van der Waals surface area contributed by atoms with Gasteiger partial charge in [0, 0.05) is 5.56 Å². The Bertz CT molecular complexity index is 648. The molecule has 1 aromatic heterocycles. The first-order valence-corrected chi connectivity index (χ1v) is 6.51. The van der Waals surface area contributed by atoms with E-state index in [1.807, 2.05) is 0 Å². The maximum atomic E-state index is 13.1. The second kappa shape index (κ2) is 6.89.